The van der Waals surface area contributed by atoms with Crippen molar-refractivity contribution in [1.29, 1.82) is 0 Å². The molecule has 0 aliphatic heterocycles. The van der Waals surface area contributed by atoms with E-state index >= 15 is 0 Å². The lowest BCUT2D eigenvalue weighted by atomic mass is 10.2. The molecule has 0 spiro atoms. The average molecular weight is 224 g/mol. The van der Waals surface area contributed by atoms with Crippen molar-refractivity contribution in [3.8, 4) is 0 Å². The normalized spacial score (nSPS) is 14.2. The van der Waals surface area contributed by atoms with Crippen LogP contribution in [0.4, 0.5) is 0 Å². The first kappa shape index (κ1) is 14.5. The fourth-order valence-electron chi connectivity index (χ4n) is 1.14. The van der Waals surface area contributed by atoms with Crippen molar-refractivity contribution >= 4 is 0 Å². The van der Waals surface area contributed by atoms with Gasteiger partial charge in [0.25, 0.3) is 0 Å². The third-order valence-electron chi connectivity index (χ3n) is 1.73. The summed E-state index contributed by atoms with van der Waals surface area (Å²) in [6.07, 6.45) is 5.43. The maximum atomic E-state index is 10.0. The highest BCUT2D eigenvalue weighted by atomic mass is 16.5. The van der Waals surface area contributed by atoms with Crippen LogP contribution in [-0.4, -0.2) is 24.4 Å². The van der Waals surface area contributed by atoms with Crippen molar-refractivity contribution in [2.75, 3.05) is 13.2 Å². The van der Waals surface area contributed by atoms with Gasteiger partial charge in [-0.2, -0.15) is 0 Å². The molecule has 0 amide bonds. The SMILES string of the molecule is C=C/C=C(/OCC)C(O)/C(=C\C=C)OCC. The Morgan fingerprint density at radius 2 is 1.44 bits per heavy atom. The van der Waals surface area contributed by atoms with Crippen LogP contribution in [0.2, 0.25) is 0 Å². The summed E-state index contributed by atoms with van der Waals surface area (Å²) in [7, 11) is 0. The number of rotatable bonds is 8. The first-order valence-electron chi connectivity index (χ1n) is 5.30. The van der Waals surface area contributed by atoms with E-state index in [1.165, 1.54) is 0 Å². The summed E-state index contributed by atoms with van der Waals surface area (Å²) in [6.45, 7) is 11.8. The summed E-state index contributed by atoms with van der Waals surface area (Å²) in [5.41, 5.74) is 0. The van der Waals surface area contributed by atoms with E-state index in [0.717, 1.165) is 0 Å². The van der Waals surface area contributed by atoms with Crippen molar-refractivity contribution in [2.45, 2.75) is 20.0 Å². The second-order valence-electron chi connectivity index (χ2n) is 2.88. The average Bonchev–Trinajstić information content (AvgIpc) is 2.27. The third-order valence-corrected chi connectivity index (χ3v) is 1.73. The number of hydrogen-bond donors (Lipinski definition) is 1. The van der Waals surface area contributed by atoms with Crippen molar-refractivity contribution in [3.05, 3.63) is 49.0 Å². The molecule has 0 atom stereocenters. The van der Waals surface area contributed by atoms with E-state index in [0.29, 0.717) is 24.7 Å². The molecule has 0 heterocycles. The second kappa shape index (κ2) is 8.80. The highest BCUT2D eigenvalue weighted by Gasteiger charge is 2.17. The van der Waals surface area contributed by atoms with Gasteiger partial charge in [-0.25, -0.2) is 0 Å². The molecular weight excluding hydrogens is 204 g/mol. The summed E-state index contributed by atoms with van der Waals surface area (Å²) in [5.74, 6) is 0.832. The second-order valence-corrected chi connectivity index (χ2v) is 2.88. The van der Waals surface area contributed by atoms with Crippen LogP contribution >= 0.6 is 0 Å². The van der Waals surface area contributed by atoms with Gasteiger partial charge < -0.3 is 14.6 Å². The van der Waals surface area contributed by atoms with Crippen molar-refractivity contribution in [2.24, 2.45) is 0 Å². The lowest BCUT2D eigenvalue weighted by Crippen LogP contribution is -2.18. The maximum Gasteiger partial charge on any atom is 0.168 e. The minimum Gasteiger partial charge on any atom is -0.495 e. The minimum atomic E-state index is -0.920. The topological polar surface area (TPSA) is 38.7 Å². The van der Waals surface area contributed by atoms with E-state index in [9.17, 15) is 5.11 Å². The Morgan fingerprint density at radius 3 is 1.69 bits per heavy atom. The first-order valence-corrected chi connectivity index (χ1v) is 5.30. The van der Waals surface area contributed by atoms with Crippen LogP contribution in [0.1, 0.15) is 13.8 Å². The van der Waals surface area contributed by atoms with Crippen molar-refractivity contribution in [3.63, 3.8) is 0 Å². The fraction of sp³-hybridized carbons (Fsp3) is 0.385. The highest BCUT2D eigenvalue weighted by molar-refractivity contribution is 5.21. The minimum absolute atomic E-state index is 0.416. The van der Waals surface area contributed by atoms with E-state index in [1.807, 2.05) is 13.8 Å². The van der Waals surface area contributed by atoms with Gasteiger partial charge in [0.2, 0.25) is 0 Å². The molecule has 0 unspecified atom stereocenters. The lowest BCUT2D eigenvalue weighted by molar-refractivity contribution is 0.0764. The van der Waals surface area contributed by atoms with E-state index < -0.39 is 6.10 Å². The molecule has 3 nitrogen and oxygen atoms in total. The molecule has 0 aliphatic carbocycles. The lowest BCUT2D eigenvalue weighted by Gasteiger charge is -2.18. The molecule has 1 N–H and O–H groups in total. The molecule has 90 valence electrons. The Hall–Kier alpha value is -1.48. The van der Waals surface area contributed by atoms with Gasteiger partial charge in [0, 0.05) is 0 Å². The maximum absolute atomic E-state index is 10.0. The Kier molecular flexibility index (Phi) is 7.98. The van der Waals surface area contributed by atoms with Crippen LogP contribution in [0.3, 0.4) is 0 Å². The predicted molar refractivity (Wildman–Crippen MR) is 65.8 cm³/mol. The predicted octanol–water partition coefficient (Wildman–Crippen LogP) is 2.56. The Morgan fingerprint density at radius 1 is 1.06 bits per heavy atom. The van der Waals surface area contributed by atoms with Gasteiger partial charge in [0.1, 0.15) is 11.5 Å². The molecular formula is C13H20O3. The zero-order chi connectivity index (χ0) is 12.4. The Balaban J connectivity index is 4.86. The molecule has 0 aromatic heterocycles. The molecule has 0 rings (SSSR count). The van der Waals surface area contributed by atoms with E-state index in [2.05, 4.69) is 13.2 Å². The van der Waals surface area contributed by atoms with Gasteiger partial charge in [-0.1, -0.05) is 25.3 Å². The number of aliphatic hydroxyl groups is 1. The van der Waals surface area contributed by atoms with Crippen LogP contribution in [-0.2, 0) is 9.47 Å². The van der Waals surface area contributed by atoms with Crippen LogP contribution in [0.25, 0.3) is 0 Å². The number of allylic oxidation sites excluding steroid dienone is 4. The van der Waals surface area contributed by atoms with Crippen LogP contribution in [0.5, 0.6) is 0 Å². The molecule has 0 fully saturated rings. The standard InChI is InChI=1S/C13H20O3/c1-5-9-11(15-7-3)13(14)12(10-6-2)16-8-4/h5-6,9-10,13-14H,1-2,7-8H2,3-4H3/b11-9+,12-10+. The molecule has 0 radical (unpaired) electrons. The van der Waals surface area contributed by atoms with Gasteiger partial charge >= 0.3 is 0 Å². The highest BCUT2D eigenvalue weighted by Crippen LogP contribution is 2.15. The van der Waals surface area contributed by atoms with E-state index in [1.54, 1.807) is 24.3 Å². The number of aliphatic hydroxyl groups excluding tert-OH is 1. The monoisotopic (exact) mass is 224 g/mol. The summed E-state index contributed by atoms with van der Waals surface area (Å²) in [4.78, 5) is 0. The fourth-order valence-corrected chi connectivity index (χ4v) is 1.14. The van der Waals surface area contributed by atoms with Crippen LogP contribution in [0, 0.1) is 0 Å². The Bertz CT molecular complexity index is 249. The zero-order valence-corrected chi connectivity index (χ0v) is 9.98. The molecule has 16 heavy (non-hydrogen) atoms. The summed E-state index contributed by atoms with van der Waals surface area (Å²) in [6, 6.07) is 0. The van der Waals surface area contributed by atoms with Gasteiger partial charge in [-0.3, -0.25) is 0 Å². The van der Waals surface area contributed by atoms with Crippen LogP contribution < -0.4 is 0 Å². The molecule has 0 saturated carbocycles. The van der Waals surface area contributed by atoms with Crippen LogP contribution in [0.15, 0.2) is 49.0 Å². The molecule has 3 heteroatoms. The quantitative estimate of drug-likeness (QED) is 0.508. The molecule has 0 aromatic rings. The van der Waals surface area contributed by atoms with Crippen molar-refractivity contribution in [1.82, 2.24) is 0 Å². The van der Waals surface area contributed by atoms with Gasteiger partial charge in [-0.15, -0.1) is 0 Å². The summed E-state index contributed by atoms with van der Waals surface area (Å²) < 4.78 is 10.6. The smallest absolute Gasteiger partial charge is 0.168 e. The Labute approximate surface area is 97.4 Å². The summed E-state index contributed by atoms with van der Waals surface area (Å²) >= 11 is 0. The molecule has 0 bridgehead atoms. The first-order chi connectivity index (χ1) is 7.71. The van der Waals surface area contributed by atoms with E-state index in [-0.39, 0.29) is 0 Å². The zero-order valence-electron chi connectivity index (χ0n) is 9.98. The number of ether oxygens (including phenoxy) is 2. The molecule has 0 aliphatic rings. The molecule has 0 saturated heterocycles. The van der Waals surface area contributed by atoms with Gasteiger partial charge in [0.15, 0.2) is 6.10 Å². The summed E-state index contributed by atoms with van der Waals surface area (Å²) in [5, 5.41) is 10.0. The number of hydrogen-bond acceptors (Lipinski definition) is 3. The third kappa shape index (κ3) is 4.84. The van der Waals surface area contributed by atoms with Gasteiger partial charge in [-0.05, 0) is 26.0 Å². The van der Waals surface area contributed by atoms with Crippen molar-refractivity contribution < 1.29 is 14.6 Å². The molecule has 0 aromatic carbocycles. The van der Waals surface area contributed by atoms with Gasteiger partial charge in [0.05, 0.1) is 13.2 Å². The largest absolute Gasteiger partial charge is 0.495 e. The van der Waals surface area contributed by atoms with E-state index in [4.69, 9.17) is 9.47 Å².